The molecule has 1 fully saturated rings. The van der Waals surface area contributed by atoms with Crippen LogP contribution in [0.2, 0.25) is 10.0 Å². The van der Waals surface area contributed by atoms with Gasteiger partial charge in [-0.1, -0.05) is 65.7 Å². The molecule has 1 N–H and O–H groups in total. The molecule has 0 amide bonds. The number of nitrogens with zero attached hydrogens (tertiary/aromatic N) is 5. The molecule has 0 bridgehead atoms. The third-order valence-corrected chi connectivity index (χ3v) is 7.68. The summed E-state index contributed by atoms with van der Waals surface area (Å²) in [5.41, 5.74) is 2.22. The predicted molar refractivity (Wildman–Crippen MR) is 130 cm³/mol. The van der Waals surface area contributed by atoms with Gasteiger partial charge in [0, 0.05) is 38.3 Å². The highest BCUT2D eigenvalue weighted by Crippen LogP contribution is 2.41. The van der Waals surface area contributed by atoms with Gasteiger partial charge in [-0.05, 0) is 29.8 Å². The summed E-state index contributed by atoms with van der Waals surface area (Å²) in [6.07, 6.45) is 0.723. The van der Waals surface area contributed by atoms with Crippen molar-refractivity contribution in [3.8, 4) is 5.88 Å². The number of hydrogen-bond acceptors (Lipinski definition) is 6. The number of aromatic nitrogens is 3. The van der Waals surface area contributed by atoms with Crippen molar-refractivity contribution in [1.29, 1.82) is 0 Å². The van der Waals surface area contributed by atoms with Gasteiger partial charge in [0.05, 0.1) is 21.0 Å². The molecule has 0 saturated carbocycles. The van der Waals surface area contributed by atoms with Crippen LogP contribution in [0.3, 0.4) is 0 Å². The van der Waals surface area contributed by atoms with Crippen LogP contribution in [-0.2, 0) is 6.42 Å². The van der Waals surface area contributed by atoms with Gasteiger partial charge < -0.3 is 10.0 Å². The maximum atomic E-state index is 11.1. The van der Waals surface area contributed by atoms with Gasteiger partial charge in [0.25, 0.3) is 0 Å². The largest absolute Gasteiger partial charge is 0.492 e. The topological polar surface area (TPSA) is 56.9 Å². The van der Waals surface area contributed by atoms with Gasteiger partial charge in [0.1, 0.15) is 0 Å². The molecule has 5 rings (SSSR count). The maximum Gasteiger partial charge on any atom is 0.230 e. The fourth-order valence-electron chi connectivity index (χ4n) is 4.21. The van der Waals surface area contributed by atoms with Crippen LogP contribution in [0.1, 0.15) is 29.2 Å². The quantitative estimate of drug-likeness (QED) is 0.415. The van der Waals surface area contributed by atoms with Crippen molar-refractivity contribution >= 4 is 45.2 Å². The van der Waals surface area contributed by atoms with E-state index in [1.807, 2.05) is 31.2 Å². The van der Waals surface area contributed by atoms with E-state index >= 15 is 0 Å². The maximum absolute atomic E-state index is 11.1. The Balaban J connectivity index is 1.50. The summed E-state index contributed by atoms with van der Waals surface area (Å²) >= 11 is 14.0. The highest BCUT2D eigenvalue weighted by Gasteiger charge is 2.32. The van der Waals surface area contributed by atoms with Gasteiger partial charge in [-0.3, -0.25) is 4.90 Å². The van der Waals surface area contributed by atoms with E-state index in [0.29, 0.717) is 15.0 Å². The lowest BCUT2D eigenvalue weighted by Crippen LogP contribution is -2.47. The number of anilines is 1. The Morgan fingerprint density at radius 2 is 1.78 bits per heavy atom. The number of thiazole rings is 1. The van der Waals surface area contributed by atoms with Gasteiger partial charge in [0.2, 0.25) is 10.8 Å². The van der Waals surface area contributed by atoms with Crippen molar-refractivity contribution in [3.05, 3.63) is 74.8 Å². The second-order valence-electron chi connectivity index (χ2n) is 7.80. The number of para-hydroxylation sites is 1. The second kappa shape index (κ2) is 8.90. The summed E-state index contributed by atoms with van der Waals surface area (Å²) < 4.78 is 1.55. The highest BCUT2D eigenvalue weighted by molar-refractivity contribution is 7.17. The molecule has 2 aromatic heterocycles. The van der Waals surface area contributed by atoms with Gasteiger partial charge in [-0.2, -0.15) is 4.52 Å². The van der Waals surface area contributed by atoms with E-state index in [1.165, 1.54) is 17.0 Å². The molecule has 9 heteroatoms. The van der Waals surface area contributed by atoms with Crippen molar-refractivity contribution in [2.45, 2.75) is 19.4 Å². The molecular weight excluding hydrogens is 465 g/mol. The normalized spacial score (nSPS) is 16.0. The number of hydrogen-bond donors (Lipinski definition) is 1. The Kier molecular flexibility index (Phi) is 5.99. The summed E-state index contributed by atoms with van der Waals surface area (Å²) in [6.45, 7) is 5.47. The first-order valence-electron chi connectivity index (χ1n) is 10.6. The Hall–Kier alpha value is -2.32. The van der Waals surface area contributed by atoms with E-state index < -0.39 is 0 Å². The van der Waals surface area contributed by atoms with Crippen molar-refractivity contribution in [2.75, 3.05) is 31.1 Å². The molecule has 2 aromatic carbocycles. The number of piperazine rings is 1. The van der Waals surface area contributed by atoms with Crippen LogP contribution in [0.4, 0.5) is 5.69 Å². The second-order valence-corrected chi connectivity index (χ2v) is 9.62. The number of halogens is 2. The zero-order valence-electron chi connectivity index (χ0n) is 17.6. The van der Waals surface area contributed by atoms with Gasteiger partial charge in [0.15, 0.2) is 5.82 Å². The molecule has 6 nitrogen and oxygen atoms in total. The average molecular weight is 488 g/mol. The van der Waals surface area contributed by atoms with Crippen molar-refractivity contribution < 1.29 is 5.11 Å². The average Bonchev–Trinajstić information content (AvgIpc) is 3.36. The van der Waals surface area contributed by atoms with Gasteiger partial charge in [-0.15, -0.1) is 5.10 Å². The molecule has 4 aromatic rings. The molecule has 1 saturated heterocycles. The number of aromatic hydroxyl groups is 1. The first-order chi connectivity index (χ1) is 15.5. The number of benzene rings is 2. The van der Waals surface area contributed by atoms with Crippen LogP contribution in [0, 0.1) is 0 Å². The van der Waals surface area contributed by atoms with Crippen molar-refractivity contribution in [1.82, 2.24) is 19.5 Å². The van der Waals surface area contributed by atoms with E-state index in [2.05, 4.69) is 44.1 Å². The van der Waals surface area contributed by atoms with Crippen LogP contribution in [-0.4, -0.2) is 50.8 Å². The molecule has 0 spiro atoms. The Bertz CT molecular complexity index is 1230. The van der Waals surface area contributed by atoms with Crippen LogP contribution in [0.5, 0.6) is 5.88 Å². The standard InChI is InChI=1S/C23H23Cl2N5OS/c1-2-19-26-23-30(27-19)22(31)21(32-23)20(15-8-9-17(24)18(25)14-15)29-12-10-28(11-13-29)16-6-4-3-5-7-16/h3-9,14,20,31H,2,10-13H2,1H3/t20-/m0/s1. The predicted octanol–water partition coefficient (Wildman–Crippen LogP) is 5.28. The van der Waals surface area contributed by atoms with Crippen molar-refractivity contribution in [3.63, 3.8) is 0 Å². The van der Waals surface area contributed by atoms with Crippen LogP contribution in [0.15, 0.2) is 48.5 Å². The van der Waals surface area contributed by atoms with E-state index in [0.717, 1.165) is 48.9 Å². The fraction of sp³-hybridized carbons (Fsp3) is 0.304. The minimum atomic E-state index is -0.165. The third kappa shape index (κ3) is 3.94. The van der Waals surface area contributed by atoms with Crippen molar-refractivity contribution in [2.24, 2.45) is 0 Å². The van der Waals surface area contributed by atoms with Crippen LogP contribution in [0.25, 0.3) is 4.96 Å². The minimum Gasteiger partial charge on any atom is -0.492 e. The first kappa shape index (κ1) is 21.5. The van der Waals surface area contributed by atoms with Crippen LogP contribution < -0.4 is 4.90 Å². The summed E-state index contributed by atoms with van der Waals surface area (Å²) in [7, 11) is 0. The molecule has 0 radical (unpaired) electrons. The molecule has 1 atom stereocenters. The van der Waals surface area contributed by atoms with E-state index in [9.17, 15) is 5.11 Å². The van der Waals surface area contributed by atoms with Gasteiger partial charge >= 0.3 is 0 Å². The Morgan fingerprint density at radius 3 is 2.44 bits per heavy atom. The first-order valence-corrected chi connectivity index (χ1v) is 12.2. The lowest BCUT2D eigenvalue weighted by Gasteiger charge is -2.40. The molecule has 0 unspecified atom stereocenters. The summed E-state index contributed by atoms with van der Waals surface area (Å²) in [4.78, 5) is 10.8. The van der Waals surface area contributed by atoms with Crippen LogP contribution >= 0.6 is 34.5 Å². The molecule has 0 aliphatic carbocycles. The minimum absolute atomic E-state index is 0.138. The van der Waals surface area contributed by atoms with E-state index in [1.54, 1.807) is 4.52 Å². The van der Waals surface area contributed by atoms with Gasteiger partial charge in [-0.25, -0.2) is 4.98 Å². The SMILES string of the molecule is CCc1nc2sc([C@H](c3ccc(Cl)c(Cl)c3)N3CCN(c4ccccc4)CC3)c(O)n2n1. The smallest absolute Gasteiger partial charge is 0.230 e. The summed E-state index contributed by atoms with van der Waals surface area (Å²) in [6, 6.07) is 16.0. The van der Waals surface area contributed by atoms with E-state index in [-0.39, 0.29) is 11.9 Å². The zero-order chi connectivity index (χ0) is 22.2. The molecular formula is C23H23Cl2N5OS. The zero-order valence-corrected chi connectivity index (χ0v) is 19.9. The fourth-order valence-corrected chi connectivity index (χ4v) is 5.65. The summed E-state index contributed by atoms with van der Waals surface area (Å²) in [5, 5.41) is 16.6. The molecule has 32 heavy (non-hydrogen) atoms. The number of rotatable bonds is 5. The monoisotopic (exact) mass is 487 g/mol. The summed E-state index contributed by atoms with van der Waals surface area (Å²) in [5.74, 6) is 0.861. The lowest BCUT2D eigenvalue weighted by molar-refractivity contribution is 0.211. The molecule has 1 aliphatic rings. The Morgan fingerprint density at radius 1 is 1.03 bits per heavy atom. The number of fused-ring (bicyclic) bond motifs is 1. The lowest BCUT2D eigenvalue weighted by atomic mass is 10.0. The Labute approximate surface area is 200 Å². The number of aryl methyl sites for hydroxylation is 1. The molecule has 3 heterocycles. The third-order valence-electron chi connectivity index (χ3n) is 5.87. The molecule has 1 aliphatic heterocycles. The molecule has 166 valence electrons. The van der Waals surface area contributed by atoms with E-state index in [4.69, 9.17) is 23.2 Å². The highest BCUT2D eigenvalue weighted by atomic mass is 35.5.